The minimum Gasteiger partial charge on any atom is -0.496 e. The predicted molar refractivity (Wildman–Crippen MR) is 79.9 cm³/mol. The molecule has 0 saturated carbocycles. The smallest absolute Gasteiger partial charge is 0.229 e. The summed E-state index contributed by atoms with van der Waals surface area (Å²) in [6.07, 6.45) is 1.74. The van der Waals surface area contributed by atoms with Crippen molar-refractivity contribution in [2.24, 2.45) is 5.41 Å². The minimum atomic E-state index is -0.241. The van der Waals surface area contributed by atoms with Gasteiger partial charge in [0.05, 0.1) is 12.5 Å². The van der Waals surface area contributed by atoms with E-state index in [1.165, 1.54) is 0 Å². The van der Waals surface area contributed by atoms with Gasteiger partial charge in [0.1, 0.15) is 5.75 Å². The summed E-state index contributed by atoms with van der Waals surface area (Å²) in [6, 6.07) is 7.97. The van der Waals surface area contributed by atoms with Crippen molar-refractivity contribution in [1.82, 2.24) is 10.2 Å². The molecule has 1 aliphatic heterocycles. The lowest BCUT2D eigenvalue weighted by atomic mass is 9.88. The number of hydrogen-bond acceptors (Lipinski definition) is 3. The summed E-state index contributed by atoms with van der Waals surface area (Å²) in [7, 11) is 3.57. The largest absolute Gasteiger partial charge is 0.496 e. The number of likely N-dealkylation sites (N-methyl/N-ethyl adjacent to an activating group) is 1. The number of methoxy groups -OCH3 is 1. The van der Waals surface area contributed by atoms with Crippen molar-refractivity contribution in [3.05, 3.63) is 29.8 Å². The molecule has 1 amide bonds. The summed E-state index contributed by atoms with van der Waals surface area (Å²) in [4.78, 5) is 14.3. The van der Waals surface area contributed by atoms with Gasteiger partial charge in [-0.2, -0.15) is 0 Å². The minimum absolute atomic E-state index is 0.234. The molecule has 0 aliphatic carbocycles. The summed E-state index contributed by atoms with van der Waals surface area (Å²) < 4.78 is 5.34. The Hall–Kier alpha value is -1.55. The third-order valence-electron chi connectivity index (χ3n) is 4.14. The zero-order chi connectivity index (χ0) is 14.6. The highest BCUT2D eigenvalue weighted by Crippen LogP contribution is 2.27. The Morgan fingerprint density at radius 3 is 2.85 bits per heavy atom. The molecule has 1 N–H and O–H groups in total. The Bertz CT molecular complexity index is 467. The number of hydrogen-bond donors (Lipinski definition) is 1. The maximum Gasteiger partial charge on any atom is 0.229 e. The average Bonchev–Trinajstić information content (AvgIpc) is 2.92. The number of carbonyl (C=O) groups is 1. The highest BCUT2D eigenvalue weighted by Gasteiger charge is 2.37. The van der Waals surface area contributed by atoms with Gasteiger partial charge in [-0.05, 0) is 37.9 Å². The Morgan fingerprint density at radius 2 is 2.20 bits per heavy atom. The molecule has 1 atom stereocenters. The van der Waals surface area contributed by atoms with E-state index >= 15 is 0 Å². The molecular weight excluding hydrogens is 252 g/mol. The van der Waals surface area contributed by atoms with Gasteiger partial charge < -0.3 is 15.0 Å². The van der Waals surface area contributed by atoms with Crippen molar-refractivity contribution >= 4 is 5.91 Å². The Morgan fingerprint density at radius 1 is 1.45 bits per heavy atom. The molecule has 1 aromatic carbocycles. The molecule has 0 bridgehead atoms. The van der Waals surface area contributed by atoms with E-state index in [-0.39, 0.29) is 11.3 Å². The van der Waals surface area contributed by atoms with Crippen LogP contribution in [0.3, 0.4) is 0 Å². The molecular formula is C16H24N2O2. The molecule has 110 valence electrons. The summed E-state index contributed by atoms with van der Waals surface area (Å²) in [5.41, 5.74) is 0.902. The first-order valence-electron chi connectivity index (χ1n) is 7.15. The zero-order valence-electron chi connectivity index (χ0n) is 12.6. The van der Waals surface area contributed by atoms with Gasteiger partial charge in [0.25, 0.3) is 0 Å². The quantitative estimate of drug-likeness (QED) is 0.890. The number of nitrogens with one attached hydrogen (secondary N) is 1. The second-order valence-electron chi connectivity index (χ2n) is 5.78. The molecule has 20 heavy (non-hydrogen) atoms. The fourth-order valence-corrected chi connectivity index (χ4v) is 2.76. The van der Waals surface area contributed by atoms with Crippen LogP contribution in [0.25, 0.3) is 0 Å². The highest BCUT2D eigenvalue weighted by atomic mass is 16.5. The van der Waals surface area contributed by atoms with Gasteiger partial charge in [0, 0.05) is 20.1 Å². The van der Waals surface area contributed by atoms with Crippen LogP contribution in [0.1, 0.15) is 18.9 Å². The summed E-state index contributed by atoms with van der Waals surface area (Å²) in [5.74, 6) is 1.12. The van der Waals surface area contributed by atoms with E-state index in [0.29, 0.717) is 0 Å². The molecule has 1 heterocycles. The van der Waals surface area contributed by atoms with Crippen molar-refractivity contribution in [2.45, 2.75) is 19.8 Å². The van der Waals surface area contributed by atoms with Gasteiger partial charge >= 0.3 is 0 Å². The second-order valence-corrected chi connectivity index (χ2v) is 5.78. The average molecular weight is 276 g/mol. The van der Waals surface area contributed by atoms with Crippen molar-refractivity contribution in [2.75, 3.05) is 33.8 Å². The van der Waals surface area contributed by atoms with Crippen LogP contribution >= 0.6 is 0 Å². The van der Waals surface area contributed by atoms with Crippen LogP contribution in [0.5, 0.6) is 5.75 Å². The fourth-order valence-electron chi connectivity index (χ4n) is 2.76. The summed E-state index contributed by atoms with van der Waals surface area (Å²) in [5, 5.41) is 3.27. The third kappa shape index (κ3) is 3.12. The normalized spacial score (nSPS) is 21.8. The van der Waals surface area contributed by atoms with Crippen LogP contribution in [0, 0.1) is 5.41 Å². The van der Waals surface area contributed by atoms with Gasteiger partial charge in [-0.15, -0.1) is 0 Å². The lowest BCUT2D eigenvalue weighted by molar-refractivity contribution is -0.138. The molecule has 1 aliphatic rings. The first kappa shape index (κ1) is 14.9. The summed E-state index contributed by atoms with van der Waals surface area (Å²) >= 11 is 0. The molecule has 1 fully saturated rings. The number of rotatable bonds is 5. The Labute approximate surface area is 121 Å². The topological polar surface area (TPSA) is 41.6 Å². The first-order chi connectivity index (χ1) is 9.57. The number of carbonyl (C=O) groups excluding carboxylic acids is 1. The second kappa shape index (κ2) is 6.27. The van der Waals surface area contributed by atoms with Crippen LogP contribution in [-0.4, -0.2) is 44.6 Å². The van der Waals surface area contributed by atoms with E-state index in [4.69, 9.17) is 4.74 Å². The predicted octanol–water partition coefficient (Wildman–Crippen LogP) is 1.70. The van der Waals surface area contributed by atoms with Gasteiger partial charge in [0.2, 0.25) is 5.91 Å². The molecule has 0 radical (unpaired) electrons. The van der Waals surface area contributed by atoms with Crippen LogP contribution < -0.4 is 10.1 Å². The van der Waals surface area contributed by atoms with Gasteiger partial charge in [-0.1, -0.05) is 18.2 Å². The third-order valence-corrected chi connectivity index (χ3v) is 4.14. The number of para-hydroxylation sites is 1. The van der Waals surface area contributed by atoms with E-state index < -0.39 is 0 Å². The maximum absolute atomic E-state index is 12.5. The van der Waals surface area contributed by atoms with Gasteiger partial charge in [-0.3, -0.25) is 4.79 Å². The molecule has 1 unspecified atom stereocenters. The number of amides is 1. The van der Waals surface area contributed by atoms with E-state index in [2.05, 4.69) is 18.3 Å². The molecule has 0 spiro atoms. The molecule has 0 aromatic heterocycles. The zero-order valence-corrected chi connectivity index (χ0v) is 12.6. The SMILES string of the molecule is COc1ccccc1CCN(C)C(=O)C1(C)CCNC1. The van der Waals surface area contributed by atoms with Gasteiger partial charge in [-0.25, -0.2) is 0 Å². The number of benzene rings is 1. The summed E-state index contributed by atoms with van der Waals surface area (Å²) in [6.45, 7) is 4.48. The van der Waals surface area contributed by atoms with Crippen LogP contribution in [0.4, 0.5) is 0 Å². The Balaban J connectivity index is 1.95. The molecule has 1 aromatic rings. The lowest BCUT2D eigenvalue weighted by Gasteiger charge is -2.28. The lowest BCUT2D eigenvalue weighted by Crippen LogP contribution is -2.42. The van der Waals surface area contributed by atoms with Gasteiger partial charge in [0.15, 0.2) is 0 Å². The Kier molecular flexibility index (Phi) is 4.65. The van der Waals surface area contributed by atoms with Crippen molar-refractivity contribution in [3.8, 4) is 5.75 Å². The van der Waals surface area contributed by atoms with Crippen LogP contribution in [-0.2, 0) is 11.2 Å². The number of ether oxygens (including phenoxy) is 1. The first-order valence-corrected chi connectivity index (χ1v) is 7.15. The van der Waals surface area contributed by atoms with Crippen molar-refractivity contribution < 1.29 is 9.53 Å². The number of nitrogens with zero attached hydrogens (tertiary/aromatic N) is 1. The fraction of sp³-hybridized carbons (Fsp3) is 0.562. The maximum atomic E-state index is 12.5. The monoisotopic (exact) mass is 276 g/mol. The van der Waals surface area contributed by atoms with E-state index in [1.807, 2.05) is 30.1 Å². The van der Waals surface area contributed by atoms with E-state index in [0.717, 1.165) is 43.8 Å². The van der Waals surface area contributed by atoms with E-state index in [9.17, 15) is 4.79 Å². The van der Waals surface area contributed by atoms with Crippen molar-refractivity contribution in [3.63, 3.8) is 0 Å². The molecule has 4 heteroatoms. The standard InChI is InChI=1S/C16H24N2O2/c1-16(9-10-17-12-16)15(19)18(2)11-8-13-6-4-5-7-14(13)20-3/h4-7,17H,8-12H2,1-3H3. The molecule has 4 nitrogen and oxygen atoms in total. The molecule has 2 rings (SSSR count). The van der Waals surface area contributed by atoms with Crippen LogP contribution in [0.15, 0.2) is 24.3 Å². The van der Waals surface area contributed by atoms with Crippen LogP contribution in [0.2, 0.25) is 0 Å². The highest BCUT2D eigenvalue weighted by molar-refractivity contribution is 5.82. The van der Waals surface area contributed by atoms with E-state index in [1.54, 1.807) is 7.11 Å². The van der Waals surface area contributed by atoms with Crippen molar-refractivity contribution in [1.29, 1.82) is 0 Å². The molecule has 1 saturated heterocycles.